The molecule has 0 aliphatic carbocycles. The number of benzene rings is 1. The average Bonchev–Trinajstić information content (AvgIpc) is 3.20. The van der Waals surface area contributed by atoms with Crippen molar-refractivity contribution in [3.05, 3.63) is 29.6 Å². The second-order valence-corrected chi connectivity index (χ2v) is 5.44. The Balaban J connectivity index is 1.93. The van der Waals surface area contributed by atoms with Gasteiger partial charge >= 0.3 is 0 Å². The smallest absolute Gasteiger partial charge is 0.277 e. The van der Waals surface area contributed by atoms with Crippen molar-refractivity contribution in [1.82, 2.24) is 25.0 Å². The molecule has 0 saturated carbocycles. The number of aromatic amines is 1. The Morgan fingerprint density at radius 1 is 1.42 bits per heavy atom. The van der Waals surface area contributed by atoms with Gasteiger partial charge in [-0.25, -0.2) is 9.67 Å². The van der Waals surface area contributed by atoms with Gasteiger partial charge in [-0.15, -0.1) is 5.10 Å². The molecule has 0 radical (unpaired) electrons. The summed E-state index contributed by atoms with van der Waals surface area (Å²) >= 11 is 0. The first-order valence-electron chi connectivity index (χ1n) is 7.73. The fraction of sp³-hybridized carbons (Fsp3) is 0.267. The summed E-state index contributed by atoms with van der Waals surface area (Å²) in [7, 11) is 1.59. The molecule has 0 spiro atoms. The van der Waals surface area contributed by atoms with E-state index in [-0.39, 0.29) is 30.4 Å². The molecular formula is C15H17N7O4. The number of nitrogens with zero attached hydrogens (tertiary/aromatic N) is 4. The highest BCUT2D eigenvalue weighted by molar-refractivity contribution is 6.03. The maximum absolute atomic E-state index is 12.2. The van der Waals surface area contributed by atoms with Gasteiger partial charge in [0.1, 0.15) is 17.0 Å². The summed E-state index contributed by atoms with van der Waals surface area (Å²) in [6.45, 7) is 0.219. The Hall–Kier alpha value is -3.47. The van der Waals surface area contributed by atoms with Gasteiger partial charge in [-0.1, -0.05) is 5.21 Å². The summed E-state index contributed by atoms with van der Waals surface area (Å²) in [5, 5.41) is 18.8. The maximum Gasteiger partial charge on any atom is 0.277 e. The van der Waals surface area contributed by atoms with Crippen LogP contribution in [0.5, 0.6) is 5.75 Å². The molecule has 5 N–H and O–H groups in total. The molecule has 1 aromatic carbocycles. The van der Waals surface area contributed by atoms with Gasteiger partial charge in [0.2, 0.25) is 11.9 Å². The highest BCUT2D eigenvalue weighted by atomic mass is 16.5. The zero-order chi connectivity index (χ0) is 18.7. The minimum Gasteiger partial charge on any atom is -0.491 e. The highest BCUT2D eigenvalue weighted by Crippen LogP contribution is 2.27. The zero-order valence-electron chi connectivity index (χ0n) is 13.9. The number of aliphatic hydroxyl groups is 1. The van der Waals surface area contributed by atoms with E-state index >= 15 is 0 Å². The van der Waals surface area contributed by atoms with Crippen LogP contribution in [0.4, 0.5) is 5.95 Å². The Morgan fingerprint density at radius 3 is 2.88 bits per heavy atom. The number of carbonyl (C=O) groups excluding carboxylic acids is 2. The van der Waals surface area contributed by atoms with Crippen molar-refractivity contribution in [2.24, 2.45) is 12.8 Å². The lowest BCUT2D eigenvalue weighted by molar-refractivity contribution is 0.0996. The van der Waals surface area contributed by atoms with Crippen LogP contribution < -0.4 is 15.8 Å². The largest absolute Gasteiger partial charge is 0.491 e. The molecule has 0 atom stereocenters. The summed E-state index contributed by atoms with van der Waals surface area (Å²) in [6, 6.07) is 2.98. The standard InChI is InChI=1S/C15H17N7O4/c1-22-10(7-17-21-22)14(25)20-15-18-9-5-8(13(16)24)6-11(12(9)19-15)26-4-2-3-23/h5-7,23H,2-4H2,1H3,(H2,16,24)(H2,18,19,20,25). The van der Waals surface area contributed by atoms with Crippen molar-refractivity contribution >= 4 is 28.8 Å². The molecule has 0 saturated heterocycles. The number of carbonyl (C=O) groups is 2. The second-order valence-electron chi connectivity index (χ2n) is 5.44. The first-order chi connectivity index (χ1) is 12.5. The molecule has 2 amide bonds. The quantitative estimate of drug-likeness (QED) is 0.425. The molecule has 3 aromatic rings. The van der Waals surface area contributed by atoms with E-state index in [4.69, 9.17) is 15.6 Å². The number of anilines is 1. The lowest BCUT2D eigenvalue weighted by atomic mass is 10.2. The number of imidazole rings is 1. The number of ether oxygens (including phenoxy) is 1. The molecule has 0 unspecified atom stereocenters. The van der Waals surface area contributed by atoms with Crippen LogP contribution in [0, 0.1) is 0 Å². The van der Waals surface area contributed by atoms with Crippen LogP contribution in [0.3, 0.4) is 0 Å². The Labute approximate surface area is 147 Å². The van der Waals surface area contributed by atoms with Crippen molar-refractivity contribution in [1.29, 1.82) is 0 Å². The predicted octanol–water partition coefficient (Wildman–Crippen LogP) is -0.196. The van der Waals surface area contributed by atoms with Crippen LogP contribution in [-0.4, -0.2) is 55.1 Å². The summed E-state index contributed by atoms with van der Waals surface area (Å²) in [6.07, 6.45) is 1.75. The van der Waals surface area contributed by atoms with Gasteiger partial charge in [0.25, 0.3) is 5.91 Å². The highest BCUT2D eigenvalue weighted by Gasteiger charge is 2.16. The summed E-state index contributed by atoms with van der Waals surface area (Å²) < 4.78 is 6.91. The maximum atomic E-state index is 12.2. The minimum absolute atomic E-state index is 0.0261. The lowest BCUT2D eigenvalue weighted by Gasteiger charge is -2.07. The average molecular weight is 359 g/mol. The molecule has 11 heteroatoms. The Morgan fingerprint density at radius 2 is 2.23 bits per heavy atom. The van der Waals surface area contributed by atoms with E-state index in [1.165, 1.54) is 23.0 Å². The monoisotopic (exact) mass is 359 g/mol. The number of hydrogen-bond acceptors (Lipinski definition) is 7. The van der Waals surface area contributed by atoms with E-state index in [1.54, 1.807) is 7.05 Å². The van der Waals surface area contributed by atoms with Crippen molar-refractivity contribution in [3.8, 4) is 5.75 Å². The third kappa shape index (κ3) is 3.47. The number of aromatic nitrogens is 5. The molecule has 2 aromatic heterocycles. The van der Waals surface area contributed by atoms with Crippen molar-refractivity contribution in [3.63, 3.8) is 0 Å². The molecule has 136 valence electrons. The number of amides is 2. The van der Waals surface area contributed by atoms with E-state index in [9.17, 15) is 9.59 Å². The molecule has 2 heterocycles. The van der Waals surface area contributed by atoms with Crippen LogP contribution in [0.25, 0.3) is 11.0 Å². The first-order valence-corrected chi connectivity index (χ1v) is 7.73. The number of nitrogens with one attached hydrogen (secondary N) is 2. The van der Waals surface area contributed by atoms with E-state index < -0.39 is 11.8 Å². The fourth-order valence-electron chi connectivity index (χ4n) is 2.31. The topological polar surface area (TPSA) is 161 Å². The van der Waals surface area contributed by atoms with Crippen molar-refractivity contribution in [2.75, 3.05) is 18.5 Å². The normalized spacial score (nSPS) is 10.8. The van der Waals surface area contributed by atoms with Gasteiger partial charge in [-0.3, -0.25) is 14.9 Å². The summed E-state index contributed by atoms with van der Waals surface area (Å²) in [5.74, 6) is -0.567. The number of rotatable bonds is 7. The first kappa shape index (κ1) is 17.4. The van der Waals surface area contributed by atoms with Crippen LogP contribution in [0.2, 0.25) is 0 Å². The number of primary amides is 1. The van der Waals surface area contributed by atoms with E-state index in [1.807, 2.05) is 0 Å². The van der Waals surface area contributed by atoms with Gasteiger partial charge in [-0.2, -0.15) is 0 Å². The van der Waals surface area contributed by atoms with Crippen LogP contribution in [0.15, 0.2) is 18.3 Å². The Kier molecular flexibility index (Phi) is 4.80. The number of aryl methyl sites for hydroxylation is 1. The van der Waals surface area contributed by atoms with Crippen molar-refractivity contribution in [2.45, 2.75) is 6.42 Å². The summed E-state index contributed by atoms with van der Waals surface area (Å²) in [5.41, 5.74) is 6.70. The van der Waals surface area contributed by atoms with Crippen LogP contribution >= 0.6 is 0 Å². The minimum atomic E-state index is -0.631. The molecule has 0 fully saturated rings. The second kappa shape index (κ2) is 7.19. The number of H-pyrrole nitrogens is 1. The lowest BCUT2D eigenvalue weighted by Crippen LogP contribution is -2.16. The molecule has 0 aliphatic rings. The fourth-order valence-corrected chi connectivity index (χ4v) is 2.31. The zero-order valence-corrected chi connectivity index (χ0v) is 13.9. The molecule has 0 bridgehead atoms. The predicted molar refractivity (Wildman–Crippen MR) is 90.8 cm³/mol. The molecular weight excluding hydrogens is 342 g/mol. The van der Waals surface area contributed by atoms with Gasteiger partial charge in [0, 0.05) is 25.6 Å². The van der Waals surface area contributed by atoms with E-state index in [0.717, 1.165) is 0 Å². The molecule has 3 rings (SSSR count). The van der Waals surface area contributed by atoms with Crippen LogP contribution in [0.1, 0.15) is 27.3 Å². The third-order valence-corrected chi connectivity index (χ3v) is 3.58. The van der Waals surface area contributed by atoms with Crippen LogP contribution in [-0.2, 0) is 7.05 Å². The van der Waals surface area contributed by atoms with Gasteiger partial charge < -0.3 is 20.6 Å². The number of fused-ring (bicyclic) bond motifs is 1. The van der Waals surface area contributed by atoms with E-state index in [0.29, 0.717) is 23.2 Å². The van der Waals surface area contributed by atoms with Crippen molar-refractivity contribution < 1.29 is 19.4 Å². The SMILES string of the molecule is Cn1nncc1C(=O)Nc1nc2cc(C(N)=O)cc(OCCCO)c2[nH]1. The van der Waals surface area contributed by atoms with Gasteiger partial charge in [0.05, 0.1) is 18.3 Å². The van der Waals surface area contributed by atoms with E-state index in [2.05, 4.69) is 25.6 Å². The molecule has 26 heavy (non-hydrogen) atoms. The number of hydrogen-bond donors (Lipinski definition) is 4. The molecule has 11 nitrogen and oxygen atoms in total. The Bertz CT molecular complexity index is 962. The number of nitrogens with two attached hydrogens (primary N) is 1. The third-order valence-electron chi connectivity index (χ3n) is 3.58. The van der Waals surface area contributed by atoms with Gasteiger partial charge in [0.15, 0.2) is 0 Å². The van der Waals surface area contributed by atoms with Gasteiger partial charge in [-0.05, 0) is 12.1 Å². The summed E-state index contributed by atoms with van der Waals surface area (Å²) in [4.78, 5) is 30.9. The number of aliphatic hydroxyl groups excluding tert-OH is 1. The molecule has 0 aliphatic heterocycles.